The third-order valence-corrected chi connectivity index (χ3v) is 3.82. The van der Waals surface area contributed by atoms with Gasteiger partial charge in [0.05, 0.1) is 13.2 Å². The molecule has 0 atom stereocenters. The maximum atomic E-state index is 5.41. The number of nitrogens with one attached hydrogen (secondary N) is 1. The smallest absolute Gasteiger partial charge is 0.229 e. The first-order valence-corrected chi connectivity index (χ1v) is 7.64. The SMILES string of the molecule is Cc1ccc(C)c(Nc2nc(C)cc(N3CCOCC3)n2)c1. The molecule has 2 aromatic rings. The van der Waals surface area contributed by atoms with E-state index in [0.29, 0.717) is 5.95 Å². The molecule has 0 unspecified atom stereocenters. The second-order valence-corrected chi connectivity index (χ2v) is 5.73. The van der Waals surface area contributed by atoms with Gasteiger partial charge in [-0.05, 0) is 38.0 Å². The van der Waals surface area contributed by atoms with E-state index in [-0.39, 0.29) is 0 Å². The molecular formula is C17H22N4O. The molecule has 2 heterocycles. The first kappa shape index (κ1) is 14.8. The van der Waals surface area contributed by atoms with E-state index in [1.807, 2.05) is 13.0 Å². The predicted molar refractivity (Wildman–Crippen MR) is 89.0 cm³/mol. The lowest BCUT2D eigenvalue weighted by molar-refractivity contribution is 0.122. The minimum Gasteiger partial charge on any atom is -0.378 e. The molecule has 0 saturated carbocycles. The van der Waals surface area contributed by atoms with Crippen molar-refractivity contribution in [3.63, 3.8) is 0 Å². The summed E-state index contributed by atoms with van der Waals surface area (Å²) in [5, 5.41) is 3.35. The normalized spacial score (nSPS) is 15.0. The van der Waals surface area contributed by atoms with Gasteiger partial charge >= 0.3 is 0 Å². The van der Waals surface area contributed by atoms with Gasteiger partial charge in [0.1, 0.15) is 5.82 Å². The topological polar surface area (TPSA) is 50.3 Å². The van der Waals surface area contributed by atoms with Gasteiger partial charge in [-0.2, -0.15) is 4.98 Å². The molecule has 0 aliphatic carbocycles. The molecular weight excluding hydrogens is 276 g/mol. The lowest BCUT2D eigenvalue weighted by atomic mass is 10.1. The molecule has 5 heteroatoms. The van der Waals surface area contributed by atoms with Crippen LogP contribution in [-0.4, -0.2) is 36.3 Å². The summed E-state index contributed by atoms with van der Waals surface area (Å²) in [6, 6.07) is 8.36. The summed E-state index contributed by atoms with van der Waals surface area (Å²) < 4.78 is 5.41. The van der Waals surface area contributed by atoms with Crippen LogP contribution in [-0.2, 0) is 4.74 Å². The van der Waals surface area contributed by atoms with Gasteiger partial charge in [0.15, 0.2) is 0 Å². The Balaban J connectivity index is 1.87. The first-order valence-electron chi connectivity index (χ1n) is 7.64. The molecule has 1 aromatic heterocycles. The molecule has 5 nitrogen and oxygen atoms in total. The predicted octanol–water partition coefficient (Wildman–Crippen LogP) is 2.98. The fourth-order valence-electron chi connectivity index (χ4n) is 2.55. The molecule has 1 aromatic carbocycles. The van der Waals surface area contributed by atoms with Crippen LogP contribution in [0.3, 0.4) is 0 Å². The highest BCUT2D eigenvalue weighted by Crippen LogP contribution is 2.22. The average molecular weight is 298 g/mol. The summed E-state index contributed by atoms with van der Waals surface area (Å²) in [7, 11) is 0. The minimum atomic E-state index is 0.648. The van der Waals surface area contributed by atoms with Gasteiger partial charge in [0.25, 0.3) is 0 Å². The molecule has 22 heavy (non-hydrogen) atoms. The van der Waals surface area contributed by atoms with Crippen molar-refractivity contribution in [2.24, 2.45) is 0 Å². The van der Waals surface area contributed by atoms with Crippen LogP contribution in [0.5, 0.6) is 0 Å². The number of anilines is 3. The van der Waals surface area contributed by atoms with E-state index in [9.17, 15) is 0 Å². The summed E-state index contributed by atoms with van der Waals surface area (Å²) in [5.41, 5.74) is 4.42. The number of morpholine rings is 1. The van der Waals surface area contributed by atoms with Crippen molar-refractivity contribution >= 4 is 17.5 Å². The Labute approximate surface area is 131 Å². The third kappa shape index (κ3) is 3.36. The second kappa shape index (κ2) is 6.32. The number of benzene rings is 1. The van der Waals surface area contributed by atoms with E-state index in [4.69, 9.17) is 4.74 Å². The van der Waals surface area contributed by atoms with Crippen molar-refractivity contribution in [3.8, 4) is 0 Å². The molecule has 0 amide bonds. The highest BCUT2D eigenvalue weighted by molar-refractivity contribution is 5.60. The number of aryl methyl sites for hydroxylation is 3. The maximum Gasteiger partial charge on any atom is 0.229 e. The van der Waals surface area contributed by atoms with Crippen LogP contribution in [0.25, 0.3) is 0 Å². The van der Waals surface area contributed by atoms with E-state index in [0.717, 1.165) is 43.5 Å². The summed E-state index contributed by atoms with van der Waals surface area (Å²) in [4.78, 5) is 11.4. The van der Waals surface area contributed by atoms with Crippen molar-refractivity contribution in [2.75, 3.05) is 36.5 Å². The summed E-state index contributed by atoms with van der Waals surface area (Å²) in [6.07, 6.45) is 0. The minimum absolute atomic E-state index is 0.648. The quantitative estimate of drug-likeness (QED) is 0.944. The van der Waals surface area contributed by atoms with Crippen LogP contribution in [0.15, 0.2) is 24.3 Å². The Kier molecular flexibility index (Phi) is 4.24. The molecule has 1 aliphatic rings. The Hall–Kier alpha value is -2.14. The molecule has 0 bridgehead atoms. The van der Waals surface area contributed by atoms with Gasteiger partial charge in [0.2, 0.25) is 5.95 Å². The molecule has 1 aliphatic heterocycles. The standard InChI is InChI=1S/C17H22N4O/c1-12-4-5-13(2)15(10-12)19-17-18-14(3)11-16(20-17)21-6-8-22-9-7-21/h4-5,10-11H,6-9H2,1-3H3,(H,18,19,20). The van der Waals surface area contributed by atoms with Gasteiger partial charge in [-0.1, -0.05) is 12.1 Å². The van der Waals surface area contributed by atoms with Gasteiger partial charge in [-0.3, -0.25) is 0 Å². The molecule has 1 N–H and O–H groups in total. The van der Waals surface area contributed by atoms with Gasteiger partial charge in [-0.15, -0.1) is 0 Å². The summed E-state index contributed by atoms with van der Waals surface area (Å²) in [5.74, 6) is 1.61. The van der Waals surface area contributed by atoms with Crippen molar-refractivity contribution in [3.05, 3.63) is 41.1 Å². The number of aromatic nitrogens is 2. The number of hydrogen-bond donors (Lipinski definition) is 1. The van der Waals surface area contributed by atoms with Crippen LogP contribution in [0.1, 0.15) is 16.8 Å². The van der Waals surface area contributed by atoms with Crippen LogP contribution in [0.2, 0.25) is 0 Å². The van der Waals surface area contributed by atoms with E-state index in [2.05, 4.69) is 52.2 Å². The fourth-order valence-corrected chi connectivity index (χ4v) is 2.55. The summed E-state index contributed by atoms with van der Waals surface area (Å²) in [6.45, 7) is 9.42. The molecule has 1 saturated heterocycles. The molecule has 0 radical (unpaired) electrons. The lowest BCUT2D eigenvalue weighted by Gasteiger charge is -2.28. The highest BCUT2D eigenvalue weighted by Gasteiger charge is 2.14. The van der Waals surface area contributed by atoms with Crippen molar-refractivity contribution < 1.29 is 4.74 Å². The molecule has 0 spiro atoms. The van der Waals surface area contributed by atoms with Crippen molar-refractivity contribution in [1.82, 2.24) is 9.97 Å². The van der Waals surface area contributed by atoms with E-state index >= 15 is 0 Å². The Morgan fingerprint density at radius 3 is 2.59 bits per heavy atom. The number of ether oxygens (including phenoxy) is 1. The van der Waals surface area contributed by atoms with Crippen LogP contribution >= 0.6 is 0 Å². The Morgan fingerprint density at radius 2 is 1.82 bits per heavy atom. The molecule has 116 valence electrons. The van der Waals surface area contributed by atoms with E-state index in [1.54, 1.807) is 0 Å². The molecule has 3 rings (SSSR count). The fraction of sp³-hybridized carbons (Fsp3) is 0.412. The lowest BCUT2D eigenvalue weighted by Crippen LogP contribution is -2.36. The van der Waals surface area contributed by atoms with Gasteiger partial charge in [0, 0.05) is 30.5 Å². The first-order chi connectivity index (χ1) is 10.6. The third-order valence-electron chi connectivity index (χ3n) is 3.82. The van der Waals surface area contributed by atoms with Gasteiger partial charge in [-0.25, -0.2) is 4.98 Å². The number of nitrogens with zero attached hydrogens (tertiary/aromatic N) is 3. The highest BCUT2D eigenvalue weighted by atomic mass is 16.5. The number of hydrogen-bond acceptors (Lipinski definition) is 5. The molecule has 1 fully saturated rings. The van der Waals surface area contributed by atoms with Crippen LogP contribution < -0.4 is 10.2 Å². The zero-order valence-electron chi connectivity index (χ0n) is 13.4. The van der Waals surface area contributed by atoms with Crippen molar-refractivity contribution in [2.45, 2.75) is 20.8 Å². The van der Waals surface area contributed by atoms with Crippen molar-refractivity contribution in [1.29, 1.82) is 0 Å². The van der Waals surface area contributed by atoms with E-state index in [1.165, 1.54) is 11.1 Å². The Morgan fingerprint density at radius 1 is 1.05 bits per heavy atom. The largest absolute Gasteiger partial charge is 0.378 e. The zero-order valence-corrected chi connectivity index (χ0v) is 13.4. The number of rotatable bonds is 3. The van der Waals surface area contributed by atoms with Gasteiger partial charge < -0.3 is 15.0 Å². The monoisotopic (exact) mass is 298 g/mol. The van der Waals surface area contributed by atoms with Crippen LogP contribution in [0, 0.1) is 20.8 Å². The average Bonchev–Trinajstić information content (AvgIpc) is 2.51. The van der Waals surface area contributed by atoms with Crippen LogP contribution in [0.4, 0.5) is 17.5 Å². The van der Waals surface area contributed by atoms with E-state index < -0.39 is 0 Å². The summed E-state index contributed by atoms with van der Waals surface area (Å²) >= 11 is 0. The maximum absolute atomic E-state index is 5.41. The second-order valence-electron chi connectivity index (χ2n) is 5.73. The Bertz CT molecular complexity index is 666. The zero-order chi connectivity index (χ0) is 15.5.